The molecule has 0 aliphatic carbocycles. The second-order valence-electron chi connectivity index (χ2n) is 5.27. The molecular weight excluding hydrogens is 305 g/mol. The van der Waals surface area contributed by atoms with Gasteiger partial charge in [0.05, 0.1) is 0 Å². The molecule has 2 heterocycles. The van der Waals surface area contributed by atoms with Crippen LogP contribution in [-0.2, 0) is 13.0 Å². The van der Waals surface area contributed by atoms with E-state index in [2.05, 4.69) is 25.6 Å². The number of hydrogen-bond donors (Lipinski definition) is 2. The number of aromatic nitrogens is 3. The molecule has 0 spiro atoms. The molecule has 3 aromatic rings. The third kappa shape index (κ3) is 4.49. The molecule has 0 aliphatic heterocycles. The summed E-state index contributed by atoms with van der Waals surface area (Å²) in [7, 11) is 0. The maximum absolute atomic E-state index is 13.6. The Hall–Kier alpha value is -3.02. The molecule has 0 radical (unpaired) electrons. The van der Waals surface area contributed by atoms with E-state index in [4.69, 9.17) is 0 Å². The van der Waals surface area contributed by atoms with E-state index >= 15 is 0 Å². The normalized spacial score (nSPS) is 10.4. The molecule has 5 nitrogen and oxygen atoms in total. The summed E-state index contributed by atoms with van der Waals surface area (Å²) in [5, 5.41) is 6.43. The molecule has 0 amide bonds. The van der Waals surface area contributed by atoms with Crippen molar-refractivity contribution in [3.05, 3.63) is 78.1 Å². The van der Waals surface area contributed by atoms with Crippen molar-refractivity contribution in [1.82, 2.24) is 15.0 Å². The topological polar surface area (TPSA) is 62.7 Å². The SMILES string of the molecule is Fc1ccccc1CCNc1cc(NCc2ccncc2)ncn1. The Morgan fingerprint density at radius 2 is 1.67 bits per heavy atom. The van der Waals surface area contributed by atoms with Crippen LogP contribution in [0.4, 0.5) is 16.0 Å². The van der Waals surface area contributed by atoms with Crippen LogP contribution in [0.3, 0.4) is 0 Å². The zero-order valence-corrected chi connectivity index (χ0v) is 13.1. The second kappa shape index (κ2) is 8.01. The van der Waals surface area contributed by atoms with Gasteiger partial charge in [-0.15, -0.1) is 0 Å². The van der Waals surface area contributed by atoms with Gasteiger partial charge in [-0.1, -0.05) is 18.2 Å². The van der Waals surface area contributed by atoms with Gasteiger partial charge in [-0.3, -0.25) is 4.98 Å². The lowest BCUT2D eigenvalue weighted by atomic mass is 10.1. The zero-order chi connectivity index (χ0) is 16.6. The van der Waals surface area contributed by atoms with Gasteiger partial charge in [0.15, 0.2) is 0 Å². The smallest absolute Gasteiger partial charge is 0.131 e. The highest BCUT2D eigenvalue weighted by atomic mass is 19.1. The number of rotatable bonds is 7. The van der Waals surface area contributed by atoms with Crippen molar-refractivity contribution in [1.29, 1.82) is 0 Å². The standard InChI is InChI=1S/C18H18FN5/c19-16-4-2-1-3-15(16)7-10-21-17-11-18(24-13-23-17)22-12-14-5-8-20-9-6-14/h1-6,8-9,11,13H,7,10,12H2,(H2,21,22,23,24). The zero-order valence-electron chi connectivity index (χ0n) is 13.1. The Labute approximate surface area is 140 Å². The Bertz CT molecular complexity index is 779. The van der Waals surface area contributed by atoms with E-state index in [1.807, 2.05) is 24.3 Å². The van der Waals surface area contributed by atoms with Crippen molar-refractivity contribution in [2.45, 2.75) is 13.0 Å². The van der Waals surface area contributed by atoms with Crippen LogP contribution in [0.5, 0.6) is 0 Å². The van der Waals surface area contributed by atoms with E-state index in [-0.39, 0.29) is 5.82 Å². The number of nitrogens with zero attached hydrogens (tertiary/aromatic N) is 3. The monoisotopic (exact) mass is 323 g/mol. The van der Waals surface area contributed by atoms with E-state index in [0.717, 1.165) is 11.4 Å². The maximum atomic E-state index is 13.6. The third-order valence-corrected chi connectivity index (χ3v) is 3.55. The fourth-order valence-corrected chi connectivity index (χ4v) is 2.27. The number of halogens is 1. The van der Waals surface area contributed by atoms with E-state index in [9.17, 15) is 4.39 Å². The molecule has 2 aromatic heterocycles. The molecule has 122 valence electrons. The van der Waals surface area contributed by atoms with Gasteiger partial charge in [0, 0.05) is 31.5 Å². The predicted octanol–water partition coefficient (Wildman–Crippen LogP) is 3.28. The van der Waals surface area contributed by atoms with Crippen molar-refractivity contribution in [3.63, 3.8) is 0 Å². The first kappa shape index (κ1) is 15.9. The molecule has 6 heteroatoms. The fraction of sp³-hybridized carbons (Fsp3) is 0.167. The van der Waals surface area contributed by atoms with Gasteiger partial charge in [-0.05, 0) is 35.7 Å². The number of hydrogen-bond acceptors (Lipinski definition) is 5. The van der Waals surface area contributed by atoms with E-state index < -0.39 is 0 Å². The highest BCUT2D eigenvalue weighted by molar-refractivity contribution is 5.46. The summed E-state index contributed by atoms with van der Waals surface area (Å²) < 4.78 is 13.6. The third-order valence-electron chi connectivity index (χ3n) is 3.55. The first-order valence-corrected chi connectivity index (χ1v) is 7.73. The first-order chi connectivity index (χ1) is 11.8. The Morgan fingerprint density at radius 3 is 2.46 bits per heavy atom. The lowest BCUT2D eigenvalue weighted by molar-refractivity contribution is 0.610. The minimum Gasteiger partial charge on any atom is -0.370 e. The summed E-state index contributed by atoms with van der Waals surface area (Å²) in [5.41, 5.74) is 1.81. The van der Waals surface area contributed by atoms with Crippen LogP contribution in [-0.4, -0.2) is 21.5 Å². The Kier molecular flexibility index (Phi) is 5.29. The molecule has 0 saturated heterocycles. The van der Waals surface area contributed by atoms with Gasteiger partial charge in [-0.25, -0.2) is 14.4 Å². The first-order valence-electron chi connectivity index (χ1n) is 7.73. The van der Waals surface area contributed by atoms with Crippen molar-refractivity contribution < 1.29 is 4.39 Å². The number of benzene rings is 1. The molecule has 3 rings (SSSR count). The predicted molar refractivity (Wildman–Crippen MR) is 92.2 cm³/mol. The van der Waals surface area contributed by atoms with Crippen LogP contribution in [0.2, 0.25) is 0 Å². The van der Waals surface area contributed by atoms with Crippen LogP contribution in [0.25, 0.3) is 0 Å². The van der Waals surface area contributed by atoms with Gasteiger partial charge in [-0.2, -0.15) is 0 Å². The molecule has 0 atom stereocenters. The van der Waals surface area contributed by atoms with Crippen LogP contribution < -0.4 is 10.6 Å². The van der Waals surface area contributed by atoms with Crippen molar-refractivity contribution >= 4 is 11.6 Å². The molecular formula is C18H18FN5. The molecule has 24 heavy (non-hydrogen) atoms. The van der Waals surface area contributed by atoms with E-state index in [1.54, 1.807) is 24.5 Å². The molecule has 0 saturated carbocycles. The van der Waals surface area contributed by atoms with Crippen molar-refractivity contribution in [2.75, 3.05) is 17.2 Å². The van der Waals surface area contributed by atoms with Crippen LogP contribution in [0.1, 0.15) is 11.1 Å². The van der Waals surface area contributed by atoms with Crippen molar-refractivity contribution in [3.8, 4) is 0 Å². The van der Waals surface area contributed by atoms with Crippen LogP contribution >= 0.6 is 0 Å². The van der Waals surface area contributed by atoms with E-state index in [1.165, 1.54) is 12.4 Å². The second-order valence-corrected chi connectivity index (χ2v) is 5.27. The molecule has 0 unspecified atom stereocenters. The quantitative estimate of drug-likeness (QED) is 0.699. The lowest BCUT2D eigenvalue weighted by Gasteiger charge is -2.09. The van der Waals surface area contributed by atoms with Gasteiger partial charge in [0.1, 0.15) is 23.8 Å². The molecule has 1 aromatic carbocycles. The van der Waals surface area contributed by atoms with Gasteiger partial charge in [0.25, 0.3) is 0 Å². The summed E-state index contributed by atoms with van der Waals surface area (Å²) in [6.07, 6.45) is 5.61. The average molecular weight is 323 g/mol. The molecule has 2 N–H and O–H groups in total. The summed E-state index contributed by atoms with van der Waals surface area (Å²) >= 11 is 0. The number of nitrogens with one attached hydrogen (secondary N) is 2. The van der Waals surface area contributed by atoms with Crippen molar-refractivity contribution in [2.24, 2.45) is 0 Å². The lowest BCUT2D eigenvalue weighted by Crippen LogP contribution is -2.08. The minimum absolute atomic E-state index is 0.179. The van der Waals surface area contributed by atoms with Crippen LogP contribution in [0, 0.1) is 5.82 Å². The molecule has 0 aliphatic rings. The average Bonchev–Trinajstić information content (AvgIpc) is 2.63. The number of pyridine rings is 1. The Morgan fingerprint density at radius 1 is 0.917 bits per heavy atom. The van der Waals surface area contributed by atoms with Crippen LogP contribution in [0.15, 0.2) is 61.2 Å². The number of anilines is 2. The highest BCUT2D eigenvalue weighted by Crippen LogP contribution is 2.11. The maximum Gasteiger partial charge on any atom is 0.131 e. The summed E-state index contributed by atoms with van der Waals surface area (Å²) in [6, 6.07) is 12.5. The van der Waals surface area contributed by atoms with Gasteiger partial charge in [0.2, 0.25) is 0 Å². The summed E-state index contributed by atoms with van der Waals surface area (Å²) in [5.74, 6) is 1.26. The largest absolute Gasteiger partial charge is 0.370 e. The summed E-state index contributed by atoms with van der Waals surface area (Å²) in [4.78, 5) is 12.4. The van der Waals surface area contributed by atoms with Gasteiger partial charge < -0.3 is 10.6 Å². The summed E-state index contributed by atoms with van der Waals surface area (Å²) in [6.45, 7) is 1.26. The minimum atomic E-state index is -0.179. The molecule has 0 bridgehead atoms. The Balaban J connectivity index is 1.52. The highest BCUT2D eigenvalue weighted by Gasteiger charge is 2.02. The van der Waals surface area contributed by atoms with E-state index in [0.29, 0.717) is 30.9 Å². The fourth-order valence-electron chi connectivity index (χ4n) is 2.27. The molecule has 0 fully saturated rings. The van der Waals surface area contributed by atoms with Gasteiger partial charge >= 0.3 is 0 Å².